The fraction of sp³-hybridized carbons (Fsp3) is 0.533. The Kier molecular flexibility index (Phi) is 4.89. The van der Waals surface area contributed by atoms with E-state index in [-0.39, 0.29) is 11.7 Å². The lowest BCUT2D eigenvalue weighted by molar-refractivity contribution is 0.0118. The molecule has 0 atom stereocenters. The number of halogens is 1. The quantitative estimate of drug-likeness (QED) is 0.907. The Hall–Kier alpha value is -1.44. The summed E-state index contributed by atoms with van der Waals surface area (Å²) in [6.45, 7) is 0.448. The molecule has 1 aromatic carbocycles. The highest BCUT2D eigenvalue weighted by atomic mass is 19.1. The van der Waals surface area contributed by atoms with Gasteiger partial charge in [-0.15, -0.1) is 0 Å². The van der Waals surface area contributed by atoms with Gasteiger partial charge in [-0.25, -0.2) is 4.39 Å². The second-order valence-corrected chi connectivity index (χ2v) is 5.00. The summed E-state index contributed by atoms with van der Waals surface area (Å²) in [5, 5.41) is 12.1. The highest BCUT2D eigenvalue weighted by molar-refractivity contribution is 5.34. The van der Waals surface area contributed by atoms with Crippen LogP contribution in [0.15, 0.2) is 18.2 Å². The molecule has 1 aromatic rings. The predicted molar refractivity (Wildman–Crippen MR) is 71.0 cm³/mol. The van der Waals surface area contributed by atoms with Gasteiger partial charge in [-0.05, 0) is 50.4 Å². The number of nitrogens with one attached hydrogen (secondary N) is 1. The molecule has 1 saturated carbocycles. The molecular formula is C15H19FN2O. The lowest BCUT2D eigenvalue weighted by atomic mass is 9.93. The van der Waals surface area contributed by atoms with Crippen molar-refractivity contribution < 1.29 is 9.13 Å². The molecule has 1 N–H and O–H groups in total. The summed E-state index contributed by atoms with van der Waals surface area (Å²) in [6, 6.07) is 7.02. The summed E-state index contributed by atoms with van der Waals surface area (Å²) in [5.74, 6) is -0.472. The van der Waals surface area contributed by atoms with Gasteiger partial charge in [-0.1, -0.05) is 6.07 Å². The van der Waals surface area contributed by atoms with Crippen molar-refractivity contribution >= 4 is 0 Å². The van der Waals surface area contributed by atoms with E-state index in [4.69, 9.17) is 10.00 Å². The van der Waals surface area contributed by atoms with Gasteiger partial charge in [0.1, 0.15) is 11.9 Å². The van der Waals surface area contributed by atoms with Crippen molar-refractivity contribution in [3.05, 3.63) is 35.1 Å². The minimum Gasteiger partial charge on any atom is -0.374 e. The van der Waals surface area contributed by atoms with Crippen LogP contribution in [0, 0.1) is 17.1 Å². The number of rotatable bonds is 4. The summed E-state index contributed by atoms with van der Waals surface area (Å²) < 4.78 is 19.0. The topological polar surface area (TPSA) is 45.0 Å². The van der Waals surface area contributed by atoms with E-state index in [1.165, 1.54) is 6.07 Å². The molecular weight excluding hydrogens is 243 g/mol. The van der Waals surface area contributed by atoms with Crippen LogP contribution in [0.3, 0.4) is 0 Å². The van der Waals surface area contributed by atoms with Crippen molar-refractivity contribution in [2.75, 3.05) is 7.05 Å². The smallest absolute Gasteiger partial charge is 0.140 e. The molecule has 0 aliphatic heterocycles. The standard InChI is InChI=1S/C15H19FN2O/c1-18-13-3-5-14(6-4-13)19-10-11-2-7-15(16)12(8-11)9-17/h2,7-8,13-14,18H,3-6,10H2,1H3. The Bertz CT molecular complexity index is 462. The summed E-state index contributed by atoms with van der Waals surface area (Å²) in [5.41, 5.74) is 0.939. The first-order valence-electron chi connectivity index (χ1n) is 6.70. The third kappa shape index (κ3) is 3.76. The minimum absolute atomic E-state index is 0.0833. The zero-order chi connectivity index (χ0) is 13.7. The van der Waals surface area contributed by atoms with E-state index in [2.05, 4.69) is 5.32 Å². The predicted octanol–water partition coefficient (Wildman–Crippen LogP) is 2.74. The van der Waals surface area contributed by atoms with Gasteiger partial charge in [0, 0.05) is 6.04 Å². The van der Waals surface area contributed by atoms with Crippen LogP contribution in [0.4, 0.5) is 4.39 Å². The normalized spacial score (nSPS) is 23.0. The van der Waals surface area contributed by atoms with Gasteiger partial charge in [0.05, 0.1) is 18.3 Å². The molecule has 19 heavy (non-hydrogen) atoms. The maximum Gasteiger partial charge on any atom is 0.140 e. The van der Waals surface area contributed by atoms with Crippen molar-refractivity contribution in [1.82, 2.24) is 5.32 Å². The van der Waals surface area contributed by atoms with Gasteiger partial charge in [0.25, 0.3) is 0 Å². The molecule has 0 heterocycles. The second kappa shape index (κ2) is 6.65. The van der Waals surface area contributed by atoms with Gasteiger partial charge in [-0.2, -0.15) is 5.26 Å². The van der Waals surface area contributed by atoms with E-state index in [9.17, 15) is 4.39 Å². The molecule has 1 aliphatic rings. The monoisotopic (exact) mass is 262 g/mol. The molecule has 1 aliphatic carbocycles. The van der Waals surface area contributed by atoms with Crippen molar-refractivity contribution in [2.24, 2.45) is 0 Å². The van der Waals surface area contributed by atoms with Crippen LogP contribution in [0.25, 0.3) is 0 Å². The highest BCUT2D eigenvalue weighted by Gasteiger charge is 2.20. The SMILES string of the molecule is CNC1CCC(OCc2ccc(F)c(C#N)c2)CC1. The first kappa shape index (κ1) is 14.0. The Labute approximate surface area is 113 Å². The van der Waals surface area contributed by atoms with Gasteiger partial charge < -0.3 is 10.1 Å². The van der Waals surface area contributed by atoms with Crippen LogP contribution in [0.2, 0.25) is 0 Å². The molecule has 0 saturated heterocycles. The summed E-state index contributed by atoms with van der Waals surface area (Å²) in [7, 11) is 1.99. The van der Waals surface area contributed by atoms with Crippen LogP contribution >= 0.6 is 0 Å². The van der Waals surface area contributed by atoms with Gasteiger partial charge >= 0.3 is 0 Å². The fourth-order valence-corrected chi connectivity index (χ4v) is 2.48. The fourth-order valence-electron chi connectivity index (χ4n) is 2.48. The summed E-state index contributed by atoms with van der Waals surface area (Å²) in [4.78, 5) is 0. The van der Waals surface area contributed by atoms with E-state index in [1.807, 2.05) is 13.1 Å². The van der Waals surface area contributed by atoms with Crippen molar-refractivity contribution in [2.45, 2.75) is 44.4 Å². The Morgan fingerprint density at radius 2 is 2.11 bits per heavy atom. The third-order valence-corrected chi connectivity index (χ3v) is 3.72. The molecule has 0 radical (unpaired) electrons. The average Bonchev–Trinajstić information content (AvgIpc) is 2.47. The molecule has 0 bridgehead atoms. The van der Waals surface area contributed by atoms with Crippen molar-refractivity contribution in [3.8, 4) is 6.07 Å². The molecule has 1 fully saturated rings. The maximum absolute atomic E-state index is 13.2. The zero-order valence-corrected chi connectivity index (χ0v) is 11.2. The van der Waals surface area contributed by atoms with Crippen molar-refractivity contribution in [3.63, 3.8) is 0 Å². The number of hydrogen-bond donors (Lipinski definition) is 1. The van der Waals surface area contributed by atoms with E-state index in [0.29, 0.717) is 12.6 Å². The molecule has 0 spiro atoms. The van der Waals surface area contributed by atoms with E-state index in [0.717, 1.165) is 31.2 Å². The highest BCUT2D eigenvalue weighted by Crippen LogP contribution is 2.22. The molecule has 0 aromatic heterocycles. The Morgan fingerprint density at radius 1 is 1.37 bits per heavy atom. The molecule has 3 nitrogen and oxygen atoms in total. The summed E-state index contributed by atoms with van der Waals surface area (Å²) in [6.07, 6.45) is 4.65. The van der Waals surface area contributed by atoms with E-state index < -0.39 is 5.82 Å². The Balaban J connectivity index is 1.85. The van der Waals surface area contributed by atoms with Crippen LogP contribution in [0.5, 0.6) is 0 Å². The van der Waals surface area contributed by atoms with Crippen LogP contribution in [0.1, 0.15) is 36.8 Å². The van der Waals surface area contributed by atoms with Gasteiger partial charge in [-0.3, -0.25) is 0 Å². The molecule has 2 rings (SSSR count). The van der Waals surface area contributed by atoms with Gasteiger partial charge in [0.2, 0.25) is 0 Å². The number of nitriles is 1. The van der Waals surface area contributed by atoms with Crippen LogP contribution in [-0.2, 0) is 11.3 Å². The third-order valence-electron chi connectivity index (χ3n) is 3.72. The van der Waals surface area contributed by atoms with Crippen LogP contribution in [-0.4, -0.2) is 19.2 Å². The van der Waals surface area contributed by atoms with E-state index >= 15 is 0 Å². The largest absolute Gasteiger partial charge is 0.374 e. The summed E-state index contributed by atoms with van der Waals surface area (Å²) >= 11 is 0. The lowest BCUT2D eigenvalue weighted by Crippen LogP contribution is -2.32. The van der Waals surface area contributed by atoms with E-state index in [1.54, 1.807) is 12.1 Å². The molecule has 102 valence electrons. The first-order valence-corrected chi connectivity index (χ1v) is 6.70. The van der Waals surface area contributed by atoms with Gasteiger partial charge in [0.15, 0.2) is 0 Å². The average molecular weight is 262 g/mol. The number of ether oxygens (including phenoxy) is 1. The number of hydrogen-bond acceptors (Lipinski definition) is 3. The van der Waals surface area contributed by atoms with Crippen molar-refractivity contribution in [1.29, 1.82) is 5.26 Å². The molecule has 0 unspecified atom stereocenters. The number of nitrogens with zero attached hydrogens (tertiary/aromatic N) is 1. The second-order valence-electron chi connectivity index (χ2n) is 5.00. The number of benzene rings is 1. The maximum atomic E-state index is 13.2. The first-order chi connectivity index (χ1) is 9.22. The van der Waals surface area contributed by atoms with Crippen LogP contribution < -0.4 is 5.32 Å². The lowest BCUT2D eigenvalue weighted by Gasteiger charge is -2.28. The molecule has 0 amide bonds. The zero-order valence-electron chi connectivity index (χ0n) is 11.2. The molecule has 4 heteroatoms. The minimum atomic E-state index is -0.472. The Morgan fingerprint density at radius 3 is 2.74 bits per heavy atom.